The Labute approximate surface area is 161 Å². The predicted molar refractivity (Wildman–Crippen MR) is 104 cm³/mol. The van der Waals surface area contributed by atoms with Crippen molar-refractivity contribution in [1.82, 2.24) is 4.98 Å². The summed E-state index contributed by atoms with van der Waals surface area (Å²) >= 11 is 6.03. The fourth-order valence-electron chi connectivity index (χ4n) is 2.73. The lowest BCUT2D eigenvalue weighted by atomic mass is 10.1. The van der Waals surface area contributed by atoms with Crippen molar-refractivity contribution in [2.75, 3.05) is 13.7 Å². The van der Waals surface area contributed by atoms with Crippen molar-refractivity contribution >= 4 is 34.3 Å². The molecule has 27 heavy (non-hydrogen) atoms. The number of aromatic nitrogens is 1. The molecule has 0 unspecified atom stereocenters. The molecule has 0 bridgehead atoms. The van der Waals surface area contributed by atoms with Gasteiger partial charge in [0.15, 0.2) is 12.4 Å². The van der Waals surface area contributed by atoms with Gasteiger partial charge in [0.1, 0.15) is 5.75 Å². The van der Waals surface area contributed by atoms with E-state index >= 15 is 0 Å². The summed E-state index contributed by atoms with van der Waals surface area (Å²) in [6.07, 6.45) is 0. The molecule has 6 heteroatoms. The van der Waals surface area contributed by atoms with Gasteiger partial charge in [0.05, 0.1) is 28.9 Å². The molecule has 5 nitrogen and oxygen atoms in total. The number of carbonyl (C=O) groups is 2. The Morgan fingerprint density at radius 3 is 2.56 bits per heavy atom. The van der Waals surface area contributed by atoms with Gasteiger partial charge in [0.25, 0.3) is 0 Å². The minimum atomic E-state index is -0.587. The number of rotatable bonds is 5. The van der Waals surface area contributed by atoms with Crippen LogP contribution in [0.1, 0.15) is 32.0 Å². The molecule has 0 atom stereocenters. The second kappa shape index (κ2) is 7.76. The van der Waals surface area contributed by atoms with Crippen molar-refractivity contribution in [3.8, 4) is 5.75 Å². The van der Waals surface area contributed by atoms with Gasteiger partial charge < -0.3 is 9.47 Å². The summed E-state index contributed by atoms with van der Waals surface area (Å²) < 4.78 is 10.3. The first-order valence-electron chi connectivity index (χ1n) is 8.31. The molecule has 138 valence electrons. The van der Waals surface area contributed by atoms with E-state index in [2.05, 4.69) is 4.98 Å². The fraction of sp³-hybridized carbons (Fsp3) is 0.190. The number of ether oxygens (including phenoxy) is 2. The Balaban J connectivity index is 1.75. The topological polar surface area (TPSA) is 65.5 Å². The first-order valence-corrected chi connectivity index (χ1v) is 8.68. The van der Waals surface area contributed by atoms with E-state index in [9.17, 15) is 9.59 Å². The van der Waals surface area contributed by atoms with Crippen LogP contribution in [0.3, 0.4) is 0 Å². The van der Waals surface area contributed by atoms with Crippen molar-refractivity contribution in [3.63, 3.8) is 0 Å². The quantitative estimate of drug-likeness (QED) is 0.477. The largest absolute Gasteiger partial charge is 0.495 e. The minimum Gasteiger partial charge on any atom is -0.495 e. The summed E-state index contributed by atoms with van der Waals surface area (Å²) in [5.74, 6) is -0.468. The highest BCUT2D eigenvalue weighted by atomic mass is 35.5. The van der Waals surface area contributed by atoms with E-state index in [-0.39, 0.29) is 12.4 Å². The van der Waals surface area contributed by atoms with Gasteiger partial charge in [0, 0.05) is 10.9 Å². The highest BCUT2D eigenvalue weighted by Crippen LogP contribution is 2.25. The van der Waals surface area contributed by atoms with E-state index < -0.39 is 5.97 Å². The average molecular weight is 384 g/mol. The van der Waals surface area contributed by atoms with Crippen molar-refractivity contribution in [3.05, 3.63) is 69.9 Å². The first kappa shape index (κ1) is 18.9. The van der Waals surface area contributed by atoms with E-state index in [1.807, 2.05) is 25.1 Å². The molecule has 0 saturated heterocycles. The molecule has 3 rings (SSSR count). The molecular weight excluding hydrogens is 366 g/mol. The molecule has 0 aliphatic carbocycles. The van der Waals surface area contributed by atoms with Gasteiger partial charge in [-0.15, -0.1) is 0 Å². The highest BCUT2D eigenvalue weighted by molar-refractivity contribution is 6.32. The van der Waals surface area contributed by atoms with Crippen LogP contribution in [0, 0.1) is 13.8 Å². The molecule has 0 aliphatic rings. The number of methoxy groups -OCH3 is 1. The van der Waals surface area contributed by atoms with Crippen molar-refractivity contribution in [1.29, 1.82) is 0 Å². The van der Waals surface area contributed by atoms with Gasteiger partial charge in [0.2, 0.25) is 0 Å². The molecule has 1 heterocycles. The lowest BCUT2D eigenvalue weighted by molar-refractivity contribution is 0.0473. The van der Waals surface area contributed by atoms with Crippen LogP contribution < -0.4 is 4.74 Å². The lowest BCUT2D eigenvalue weighted by Crippen LogP contribution is -2.15. The number of halogens is 1. The van der Waals surface area contributed by atoms with Crippen LogP contribution in [-0.2, 0) is 4.74 Å². The number of carbonyl (C=O) groups excluding carboxylic acids is 2. The van der Waals surface area contributed by atoms with Crippen LogP contribution in [0.15, 0.2) is 42.5 Å². The molecule has 0 aliphatic heterocycles. The predicted octanol–water partition coefficient (Wildman–Crippen LogP) is 4.55. The third-order valence-electron chi connectivity index (χ3n) is 4.19. The number of aryl methyl sites for hydroxylation is 2. The SMILES string of the molecule is COc1ccc(C(=O)COC(=O)c2cc3cc(C)ccc3nc2C)cc1Cl. The Morgan fingerprint density at radius 2 is 1.85 bits per heavy atom. The van der Waals surface area contributed by atoms with E-state index in [0.717, 1.165) is 16.5 Å². The summed E-state index contributed by atoms with van der Waals surface area (Å²) in [5.41, 5.74) is 3.11. The average Bonchev–Trinajstić information content (AvgIpc) is 2.65. The fourth-order valence-corrected chi connectivity index (χ4v) is 2.99. The second-order valence-electron chi connectivity index (χ2n) is 6.17. The van der Waals surface area contributed by atoms with E-state index in [0.29, 0.717) is 27.6 Å². The lowest BCUT2D eigenvalue weighted by Gasteiger charge is -2.09. The number of ketones is 1. The van der Waals surface area contributed by atoms with Crippen molar-refractivity contribution in [2.45, 2.75) is 13.8 Å². The van der Waals surface area contributed by atoms with Crippen LogP contribution in [0.5, 0.6) is 5.75 Å². The maximum atomic E-state index is 12.4. The number of pyridine rings is 1. The van der Waals surface area contributed by atoms with E-state index in [4.69, 9.17) is 21.1 Å². The first-order chi connectivity index (χ1) is 12.9. The molecule has 0 spiro atoms. The number of fused-ring (bicyclic) bond motifs is 1. The minimum absolute atomic E-state index is 0.319. The molecule has 3 aromatic rings. The van der Waals surface area contributed by atoms with Gasteiger partial charge in [-0.05, 0) is 50.2 Å². The zero-order chi connectivity index (χ0) is 19.6. The zero-order valence-electron chi connectivity index (χ0n) is 15.2. The molecular formula is C21H18ClNO4. The monoisotopic (exact) mass is 383 g/mol. The molecule has 0 radical (unpaired) electrons. The molecule has 1 aromatic heterocycles. The second-order valence-corrected chi connectivity index (χ2v) is 6.57. The summed E-state index contributed by atoms with van der Waals surface area (Å²) in [5, 5.41) is 1.17. The maximum Gasteiger partial charge on any atom is 0.340 e. The number of esters is 1. The van der Waals surface area contributed by atoms with Crippen molar-refractivity contribution < 1.29 is 19.1 Å². The standard InChI is InChI=1S/C21H18ClNO4/c1-12-4-6-18-15(8-12)9-16(13(2)23-18)21(25)27-11-19(24)14-5-7-20(26-3)17(22)10-14/h4-10H,11H2,1-3H3. The molecule has 0 amide bonds. The normalized spacial score (nSPS) is 10.7. The van der Waals surface area contributed by atoms with Crippen LogP contribution in [0.4, 0.5) is 0 Å². The zero-order valence-corrected chi connectivity index (χ0v) is 16.0. The van der Waals surface area contributed by atoms with Crippen LogP contribution in [0.2, 0.25) is 5.02 Å². The van der Waals surface area contributed by atoms with Crippen LogP contribution >= 0.6 is 11.6 Å². The molecule has 2 aromatic carbocycles. The van der Waals surface area contributed by atoms with Gasteiger partial charge in [-0.2, -0.15) is 0 Å². The van der Waals surface area contributed by atoms with E-state index in [1.54, 1.807) is 25.1 Å². The summed E-state index contributed by atoms with van der Waals surface area (Å²) in [4.78, 5) is 29.2. The Morgan fingerprint density at radius 1 is 1.07 bits per heavy atom. The highest BCUT2D eigenvalue weighted by Gasteiger charge is 2.16. The number of Topliss-reactive ketones (excluding diaryl/α,β-unsaturated/α-hetero) is 1. The summed E-state index contributed by atoms with van der Waals surface area (Å²) in [6.45, 7) is 3.32. The molecule has 0 fully saturated rings. The molecule has 0 saturated carbocycles. The van der Waals surface area contributed by atoms with Crippen LogP contribution in [0.25, 0.3) is 10.9 Å². The Bertz CT molecular complexity index is 1050. The Hall–Kier alpha value is -2.92. The third-order valence-corrected chi connectivity index (χ3v) is 4.48. The molecule has 0 N–H and O–H groups in total. The number of hydrogen-bond acceptors (Lipinski definition) is 5. The number of nitrogens with zero attached hydrogens (tertiary/aromatic N) is 1. The van der Waals surface area contributed by atoms with Crippen LogP contribution in [-0.4, -0.2) is 30.5 Å². The van der Waals surface area contributed by atoms with Gasteiger partial charge in [-0.1, -0.05) is 23.2 Å². The smallest absolute Gasteiger partial charge is 0.340 e. The van der Waals surface area contributed by atoms with Gasteiger partial charge >= 0.3 is 5.97 Å². The third kappa shape index (κ3) is 4.09. The summed E-state index contributed by atoms with van der Waals surface area (Å²) in [6, 6.07) is 12.2. The number of hydrogen-bond donors (Lipinski definition) is 0. The summed E-state index contributed by atoms with van der Waals surface area (Å²) in [7, 11) is 1.49. The van der Waals surface area contributed by atoms with Gasteiger partial charge in [-0.3, -0.25) is 9.78 Å². The Kier molecular flexibility index (Phi) is 5.42. The van der Waals surface area contributed by atoms with Crippen molar-refractivity contribution in [2.24, 2.45) is 0 Å². The number of benzene rings is 2. The maximum absolute atomic E-state index is 12.4. The van der Waals surface area contributed by atoms with Gasteiger partial charge in [-0.25, -0.2) is 4.79 Å². The van der Waals surface area contributed by atoms with E-state index in [1.165, 1.54) is 13.2 Å².